The van der Waals surface area contributed by atoms with Gasteiger partial charge in [0.1, 0.15) is 17.5 Å². The molecule has 0 saturated carbocycles. The average Bonchev–Trinajstić information content (AvgIpc) is 2.79. The molecule has 4 rings (SSSR count). The minimum absolute atomic E-state index is 0.767. The zero-order valence-electron chi connectivity index (χ0n) is 16.3. The second kappa shape index (κ2) is 8.69. The summed E-state index contributed by atoms with van der Waals surface area (Å²) in [6.45, 7) is 6.74. The van der Waals surface area contributed by atoms with Gasteiger partial charge < -0.3 is 15.1 Å². The largest absolute Gasteiger partial charge is 0.370 e. The molecule has 3 aromatic rings. The molecule has 0 atom stereocenters. The second-order valence-corrected chi connectivity index (χ2v) is 6.89. The van der Waals surface area contributed by atoms with Crippen LogP contribution in [0.3, 0.4) is 0 Å². The number of nitrogens with zero attached hydrogens (tertiary/aromatic N) is 5. The van der Waals surface area contributed by atoms with Crippen LogP contribution in [0.1, 0.15) is 13.3 Å². The van der Waals surface area contributed by atoms with E-state index < -0.39 is 0 Å². The third kappa shape index (κ3) is 4.22. The molecule has 0 amide bonds. The Morgan fingerprint density at radius 1 is 0.857 bits per heavy atom. The molecule has 1 fully saturated rings. The molecule has 2 aromatic heterocycles. The first kappa shape index (κ1) is 18.2. The number of hydrogen-bond acceptors (Lipinski definition) is 6. The lowest BCUT2D eigenvalue weighted by Gasteiger charge is -2.36. The molecular formula is C22H26N6. The molecule has 0 bridgehead atoms. The quantitative estimate of drug-likeness (QED) is 0.710. The van der Waals surface area contributed by atoms with Gasteiger partial charge >= 0.3 is 0 Å². The van der Waals surface area contributed by atoms with Gasteiger partial charge in [-0.25, -0.2) is 15.0 Å². The fraction of sp³-hybridized carbons (Fsp3) is 0.318. The number of benzene rings is 1. The average molecular weight is 374 g/mol. The SMILES string of the molecule is CCCNc1cc(N2CCN(c3ccccn3)CC2)nc(-c2ccccc2)n1. The summed E-state index contributed by atoms with van der Waals surface area (Å²) < 4.78 is 0. The number of hydrogen-bond donors (Lipinski definition) is 1. The van der Waals surface area contributed by atoms with Crippen molar-refractivity contribution >= 4 is 17.5 Å². The molecule has 1 N–H and O–H groups in total. The standard InChI is InChI=1S/C22H26N6/c1-2-11-23-19-17-21(26-22(25-19)18-8-4-3-5-9-18)28-15-13-27(14-16-28)20-10-6-7-12-24-20/h3-10,12,17H,2,11,13-16H2,1H3,(H,23,25,26). The summed E-state index contributed by atoms with van der Waals surface area (Å²) >= 11 is 0. The van der Waals surface area contributed by atoms with E-state index in [-0.39, 0.29) is 0 Å². The van der Waals surface area contributed by atoms with Crippen molar-refractivity contribution in [1.82, 2.24) is 15.0 Å². The highest BCUT2D eigenvalue weighted by Crippen LogP contribution is 2.24. The molecule has 1 aliphatic rings. The van der Waals surface area contributed by atoms with E-state index in [0.717, 1.165) is 68.0 Å². The van der Waals surface area contributed by atoms with Crippen molar-refractivity contribution in [1.29, 1.82) is 0 Å². The van der Waals surface area contributed by atoms with Crippen LogP contribution in [-0.4, -0.2) is 47.7 Å². The Hall–Kier alpha value is -3.15. The fourth-order valence-electron chi connectivity index (χ4n) is 3.36. The van der Waals surface area contributed by atoms with E-state index >= 15 is 0 Å². The highest BCUT2D eigenvalue weighted by atomic mass is 15.3. The van der Waals surface area contributed by atoms with Gasteiger partial charge in [-0.1, -0.05) is 43.3 Å². The van der Waals surface area contributed by atoms with Crippen molar-refractivity contribution in [2.75, 3.05) is 47.8 Å². The predicted molar refractivity (Wildman–Crippen MR) is 115 cm³/mol. The monoisotopic (exact) mass is 374 g/mol. The highest BCUT2D eigenvalue weighted by Gasteiger charge is 2.20. The van der Waals surface area contributed by atoms with Crippen molar-refractivity contribution < 1.29 is 0 Å². The maximum atomic E-state index is 4.87. The van der Waals surface area contributed by atoms with E-state index in [2.05, 4.69) is 51.3 Å². The molecule has 28 heavy (non-hydrogen) atoms. The lowest BCUT2D eigenvalue weighted by molar-refractivity contribution is 0.641. The van der Waals surface area contributed by atoms with Gasteiger partial charge in [0.2, 0.25) is 0 Å². The summed E-state index contributed by atoms with van der Waals surface area (Å²) in [6.07, 6.45) is 2.91. The number of piperazine rings is 1. The van der Waals surface area contributed by atoms with Gasteiger partial charge in [0, 0.05) is 50.6 Å². The van der Waals surface area contributed by atoms with Gasteiger partial charge in [0.25, 0.3) is 0 Å². The Balaban J connectivity index is 1.55. The predicted octanol–water partition coefficient (Wildman–Crippen LogP) is 3.69. The molecular weight excluding hydrogens is 348 g/mol. The zero-order chi connectivity index (χ0) is 19.2. The molecule has 0 unspecified atom stereocenters. The molecule has 1 aromatic carbocycles. The van der Waals surface area contributed by atoms with E-state index in [1.165, 1.54) is 0 Å². The van der Waals surface area contributed by atoms with Crippen LogP contribution in [0, 0.1) is 0 Å². The van der Waals surface area contributed by atoms with Crippen molar-refractivity contribution in [2.24, 2.45) is 0 Å². The van der Waals surface area contributed by atoms with Crippen LogP contribution in [0.5, 0.6) is 0 Å². The smallest absolute Gasteiger partial charge is 0.163 e. The van der Waals surface area contributed by atoms with Gasteiger partial charge in [-0.3, -0.25) is 0 Å². The lowest BCUT2D eigenvalue weighted by atomic mass is 10.2. The van der Waals surface area contributed by atoms with Crippen LogP contribution in [-0.2, 0) is 0 Å². The number of anilines is 3. The topological polar surface area (TPSA) is 57.2 Å². The lowest BCUT2D eigenvalue weighted by Crippen LogP contribution is -2.47. The van der Waals surface area contributed by atoms with Gasteiger partial charge in [-0.05, 0) is 18.6 Å². The molecule has 6 nitrogen and oxygen atoms in total. The third-order valence-electron chi connectivity index (χ3n) is 4.88. The van der Waals surface area contributed by atoms with Crippen molar-refractivity contribution in [3.63, 3.8) is 0 Å². The normalized spacial score (nSPS) is 14.2. The molecule has 0 spiro atoms. The maximum Gasteiger partial charge on any atom is 0.163 e. The first-order valence-corrected chi connectivity index (χ1v) is 9.93. The van der Waals surface area contributed by atoms with Gasteiger partial charge in [0.15, 0.2) is 5.82 Å². The van der Waals surface area contributed by atoms with Crippen LogP contribution in [0.15, 0.2) is 60.8 Å². The number of pyridine rings is 1. The molecule has 3 heterocycles. The molecule has 6 heteroatoms. The van der Waals surface area contributed by atoms with Crippen molar-refractivity contribution in [2.45, 2.75) is 13.3 Å². The van der Waals surface area contributed by atoms with Crippen LogP contribution in [0.25, 0.3) is 11.4 Å². The van der Waals surface area contributed by atoms with Gasteiger partial charge in [0.05, 0.1) is 0 Å². The third-order valence-corrected chi connectivity index (χ3v) is 4.88. The van der Waals surface area contributed by atoms with Crippen LogP contribution in [0.4, 0.5) is 17.5 Å². The van der Waals surface area contributed by atoms with Crippen LogP contribution < -0.4 is 15.1 Å². The van der Waals surface area contributed by atoms with Crippen LogP contribution >= 0.6 is 0 Å². The Morgan fingerprint density at radius 2 is 1.57 bits per heavy atom. The summed E-state index contributed by atoms with van der Waals surface area (Å²) in [5.41, 5.74) is 1.04. The summed E-state index contributed by atoms with van der Waals surface area (Å²) in [5, 5.41) is 3.42. The number of aromatic nitrogens is 3. The first-order valence-electron chi connectivity index (χ1n) is 9.93. The molecule has 144 valence electrons. The van der Waals surface area contributed by atoms with Crippen LogP contribution in [0.2, 0.25) is 0 Å². The molecule has 0 aliphatic carbocycles. The Kier molecular flexibility index (Phi) is 5.66. The minimum Gasteiger partial charge on any atom is -0.370 e. The van der Waals surface area contributed by atoms with Gasteiger partial charge in [-0.2, -0.15) is 0 Å². The molecule has 1 aliphatic heterocycles. The summed E-state index contributed by atoms with van der Waals surface area (Å²) in [5.74, 6) is 3.68. The Labute approximate surface area is 166 Å². The van der Waals surface area contributed by atoms with E-state index in [1.54, 1.807) is 0 Å². The summed E-state index contributed by atoms with van der Waals surface area (Å²) in [6, 6.07) is 18.3. The molecule has 0 radical (unpaired) electrons. The number of rotatable bonds is 6. The summed E-state index contributed by atoms with van der Waals surface area (Å²) in [7, 11) is 0. The van der Waals surface area contributed by atoms with E-state index in [9.17, 15) is 0 Å². The van der Waals surface area contributed by atoms with Gasteiger partial charge in [-0.15, -0.1) is 0 Å². The van der Waals surface area contributed by atoms with Crippen molar-refractivity contribution in [3.8, 4) is 11.4 Å². The van der Waals surface area contributed by atoms with Crippen molar-refractivity contribution in [3.05, 3.63) is 60.8 Å². The first-order chi connectivity index (χ1) is 13.8. The molecule has 1 saturated heterocycles. The highest BCUT2D eigenvalue weighted by molar-refractivity contribution is 5.62. The van der Waals surface area contributed by atoms with E-state index in [4.69, 9.17) is 9.97 Å². The number of nitrogens with one attached hydrogen (secondary N) is 1. The Morgan fingerprint density at radius 3 is 2.25 bits per heavy atom. The Bertz CT molecular complexity index is 876. The minimum atomic E-state index is 0.767. The van der Waals surface area contributed by atoms with E-state index in [1.807, 2.05) is 36.5 Å². The van der Waals surface area contributed by atoms with E-state index in [0.29, 0.717) is 0 Å². The zero-order valence-corrected chi connectivity index (χ0v) is 16.3. The fourth-order valence-corrected chi connectivity index (χ4v) is 3.36. The summed E-state index contributed by atoms with van der Waals surface area (Å²) in [4.78, 5) is 18.7. The maximum absolute atomic E-state index is 4.87. The second-order valence-electron chi connectivity index (χ2n) is 6.89.